The van der Waals surface area contributed by atoms with E-state index in [1.165, 1.54) is 25.7 Å². The van der Waals surface area contributed by atoms with E-state index >= 15 is 0 Å². The third-order valence-corrected chi connectivity index (χ3v) is 3.00. The lowest BCUT2D eigenvalue weighted by molar-refractivity contribution is 0.304. The van der Waals surface area contributed by atoms with Crippen molar-refractivity contribution in [2.45, 2.75) is 39.0 Å². The van der Waals surface area contributed by atoms with Crippen LogP contribution in [-0.2, 0) is 0 Å². The number of benzene rings is 1. The smallest absolute Gasteiger partial charge is 0.119 e. The van der Waals surface area contributed by atoms with Gasteiger partial charge in [0.1, 0.15) is 11.5 Å². The number of hydrogen-bond donors (Lipinski definition) is 1. The summed E-state index contributed by atoms with van der Waals surface area (Å²) in [4.78, 5) is 0. The summed E-state index contributed by atoms with van der Waals surface area (Å²) in [6, 6.07) is 7.75. The molecule has 3 heteroatoms. The number of hydrogen-bond acceptors (Lipinski definition) is 3. The van der Waals surface area contributed by atoms with Crippen LogP contribution >= 0.6 is 0 Å². The molecule has 1 aromatic rings. The molecular weight excluding hydrogens is 238 g/mol. The van der Waals surface area contributed by atoms with Gasteiger partial charge in [-0.3, -0.25) is 0 Å². The molecule has 0 amide bonds. The summed E-state index contributed by atoms with van der Waals surface area (Å²) in [6.45, 7) is 5.28. The molecule has 0 aliphatic carbocycles. The molecule has 0 atom stereocenters. The number of methoxy groups -OCH3 is 1. The molecule has 1 N–H and O–H groups in total. The molecule has 19 heavy (non-hydrogen) atoms. The van der Waals surface area contributed by atoms with Crippen molar-refractivity contribution in [1.29, 1.82) is 0 Å². The van der Waals surface area contributed by atoms with Crippen LogP contribution in [0.5, 0.6) is 11.5 Å². The molecule has 0 aliphatic heterocycles. The van der Waals surface area contributed by atoms with Crippen molar-refractivity contribution in [1.82, 2.24) is 5.32 Å². The van der Waals surface area contributed by atoms with E-state index in [1.807, 2.05) is 24.3 Å². The van der Waals surface area contributed by atoms with Crippen LogP contribution in [0.15, 0.2) is 24.3 Å². The second kappa shape index (κ2) is 10.7. The molecule has 0 bridgehead atoms. The second-order valence-electron chi connectivity index (χ2n) is 4.69. The quantitative estimate of drug-likeness (QED) is 0.620. The molecule has 0 fully saturated rings. The van der Waals surface area contributed by atoms with Crippen molar-refractivity contribution in [3.8, 4) is 11.5 Å². The molecule has 0 heterocycles. The van der Waals surface area contributed by atoms with Crippen LogP contribution < -0.4 is 14.8 Å². The Morgan fingerprint density at radius 3 is 2.26 bits per heavy atom. The highest BCUT2D eigenvalue weighted by atomic mass is 16.5. The van der Waals surface area contributed by atoms with Gasteiger partial charge in [0.05, 0.1) is 13.7 Å². The van der Waals surface area contributed by atoms with Crippen LogP contribution in [0.1, 0.15) is 39.0 Å². The van der Waals surface area contributed by atoms with Crippen molar-refractivity contribution in [2.75, 3.05) is 26.8 Å². The molecule has 0 aromatic heterocycles. The topological polar surface area (TPSA) is 30.5 Å². The van der Waals surface area contributed by atoms with E-state index in [0.717, 1.165) is 37.6 Å². The van der Waals surface area contributed by atoms with E-state index < -0.39 is 0 Å². The zero-order valence-electron chi connectivity index (χ0n) is 12.3. The van der Waals surface area contributed by atoms with Gasteiger partial charge < -0.3 is 14.8 Å². The van der Waals surface area contributed by atoms with Gasteiger partial charge in [-0.05, 0) is 56.6 Å². The van der Waals surface area contributed by atoms with Crippen LogP contribution in [0.4, 0.5) is 0 Å². The first-order valence-electron chi connectivity index (χ1n) is 7.34. The highest BCUT2D eigenvalue weighted by molar-refractivity contribution is 5.31. The standard InChI is InChI=1S/C16H27NO2/c1-3-12-17-13-6-4-5-7-14-19-16-10-8-15(18-2)9-11-16/h8-11,17H,3-7,12-14H2,1-2H3. The van der Waals surface area contributed by atoms with E-state index in [4.69, 9.17) is 9.47 Å². The molecule has 3 nitrogen and oxygen atoms in total. The van der Waals surface area contributed by atoms with Crippen molar-refractivity contribution < 1.29 is 9.47 Å². The van der Waals surface area contributed by atoms with Gasteiger partial charge in [-0.15, -0.1) is 0 Å². The second-order valence-corrected chi connectivity index (χ2v) is 4.69. The van der Waals surface area contributed by atoms with Gasteiger partial charge in [0.2, 0.25) is 0 Å². The summed E-state index contributed by atoms with van der Waals surface area (Å²) in [6.07, 6.45) is 6.13. The van der Waals surface area contributed by atoms with E-state index in [2.05, 4.69) is 12.2 Å². The Hall–Kier alpha value is -1.22. The molecule has 1 aromatic carbocycles. The minimum absolute atomic E-state index is 0.800. The molecule has 0 saturated carbocycles. The first-order valence-corrected chi connectivity index (χ1v) is 7.34. The van der Waals surface area contributed by atoms with Crippen molar-refractivity contribution in [2.24, 2.45) is 0 Å². The van der Waals surface area contributed by atoms with E-state index in [0.29, 0.717) is 0 Å². The molecule has 0 aliphatic rings. The lowest BCUT2D eigenvalue weighted by Crippen LogP contribution is -2.15. The minimum Gasteiger partial charge on any atom is -0.497 e. The first-order chi connectivity index (χ1) is 9.36. The third-order valence-electron chi connectivity index (χ3n) is 3.00. The molecule has 1 rings (SSSR count). The Labute approximate surface area is 117 Å². The molecule has 108 valence electrons. The number of ether oxygens (including phenoxy) is 2. The average Bonchev–Trinajstić information content (AvgIpc) is 2.46. The van der Waals surface area contributed by atoms with Gasteiger partial charge in [0.25, 0.3) is 0 Å². The highest BCUT2D eigenvalue weighted by Crippen LogP contribution is 2.17. The minimum atomic E-state index is 0.800. The SMILES string of the molecule is CCCNCCCCCCOc1ccc(OC)cc1. The zero-order chi connectivity index (χ0) is 13.8. The Bertz CT molecular complexity index is 311. The van der Waals surface area contributed by atoms with Crippen LogP contribution in [-0.4, -0.2) is 26.8 Å². The fraction of sp³-hybridized carbons (Fsp3) is 0.625. The fourth-order valence-electron chi connectivity index (χ4n) is 1.87. The van der Waals surface area contributed by atoms with Gasteiger partial charge in [-0.25, -0.2) is 0 Å². The maximum absolute atomic E-state index is 5.68. The maximum atomic E-state index is 5.68. The number of rotatable bonds is 11. The van der Waals surface area contributed by atoms with Crippen molar-refractivity contribution >= 4 is 0 Å². The molecule has 0 spiro atoms. The first kappa shape index (κ1) is 15.8. The Kier molecular flexibility index (Phi) is 8.90. The average molecular weight is 265 g/mol. The Balaban J connectivity index is 1.95. The van der Waals surface area contributed by atoms with Gasteiger partial charge in [0, 0.05) is 0 Å². The van der Waals surface area contributed by atoms with Crippen LogP contribution in [0, 0.1) is 0 Å². The summed E-state index contributed by atoms with van der Waals surface area (Å²) >= 11 is 0. The fourth-order valence-corrected chi connectivity index (χ4v) is 1.87. The molecule has 0 radical (unpaired) electrons. The van der Waals surface area contributed by atoms with Crippen LogP contribution in [0.3, 0.4) is 0 Å². The van der Waals surface area contributed by atoms with E-state index in [9.17, 15) is 0 Å². The van der Waals surface area contributed by atoms with E-state index in [-0.39, 0.29) is 0 Å². The number of unbranched alkanes of at least 4 members (excludes halogenated alkanes) is 3. The van der Waals surface area contributed by atoms with Gasteiger partial charge in [-0.2, -0.15) is 0 Å². The highest BCUT2D eigenvalue weighted by Gasteiger charge is 1.95. The molecule has 0 unspecified atom stereocenters. The predicted octanol–water partition coefficient (Wildman–Crippen LogP) is 3.63. The Morgan fingerprint density at radius 2 is 1.58 bits per heavy atom. The lowest BCUT2D eigenvalue weighted by Gasteiger charge is -2.07. The summed E-state index contributed by atoms with van der Waals surface area (Å²) in [5, 5.41) is 3.42. The number of nitrogens with one attached hydrogen (secondary N) is 1. The summed E-state index contributed by atoms with van der Waals surface area (Å²) in [5.41, 5.74) is 0. The van der Waals surface area contributed by atoms with Gasteiger partial charge in [-0.1, -0.05) is 19.8 Å². The zero-order valence-corrected chi connectivity index (χ0v) is 12.3. The van der Waals surface area contributed by atoms with Crippen molar-refractivity contribution in [3.05, 3.63) is 24.3 Å². The van der Waals surface area contributed by atoms with Crippen LogP contribution in [0.25, 0.3) is 0 Å². The maximum Gasteiger partial charge on any atom is 0.119 e. The van der Waals surface area contributed by atoms with Gasteiger partial charge in [0.15, 0.2) is 0 Å². The molecule has 0 saturated heterocycles. The third kappa shape index (κ3) is 7.73. The summed E-state index contributed by atoms with van der Waals surface area (Å²) < 4.78 is 10.8. The summed E-state index contributed by atoms with van der Waals surface area (Å²) in [7, 11) is 1.67. The van der Waals surface area contributed by atoms with E-state index in [1.54, 1.807) is 7.11 Å². The van der Waals surface area contributed by atoms with Crippen molar-refractivity contribution in [3.63, 3.8) is 0 Å². The monoisotopic (exact) mass is 265 g/mol. The Morgan fingerprint density at radius 1 is 0.895 bits per heavy atom. The normalized spacial score (nSPS) is 10.4. The largest absolute Gasteiger partial charge is 0.497 e. The lowest BCUT2D eigenvalue weighted by atomic mass is 10.2. The predicted molar refractivity (Wildman–Crippen MR) is 80.1 cm³/mol. The molecular formula is C16H27NO2. The summed E-state index contributed by atoms with van der Waals surface area (Å²) in [5.74, 6) is 1.79. The van der Waals surface area contributed by atoms with Crippen LogP contribution in [0.2, 0.25) is 0 Å². The van der Waals surface area contributed by atoms with Gasteiger partial charge >= 0.3 is 0 Å².